The molecule has 146 valence electrons. The lowest BCUT2D eigenvalue weighted by Gasteiger charge is -2.05. The van der Waals surface area contributed by atoms with Gasteiger partial charge in [-0.05, 0) is 30.3 Å². The lowest BCUT2D eigenvalue weighted by Crippen LogP contribution is -2.26. The molecule has 0 saturated carbocycles. The number of benzene rings is 2. The summed E-state index contributed by atoms with van der Waals surface area (Å²) in [4.78, 5) is 28.9. The fraction of sp³-hybridized carbons (Fsp3) is 0.105. The zero-order chi connectivity index (χ0) is 20.4. The van der Waals surface area contributed by atoms with Gasteiger partial charge in [0.2, 0.25) is 5.91 Å². The molecular weight excluding hydrogens is 417 g/mol. The fourth-order valence-electron chi connectivity index (χ4n) is 2.68. The van der Waals surface area contributed by atoms with Crippen LogP contribution in [0.5, 0.6) is 0 Å². The Labute approximate surface area is 172 Å². The number of aryl methyl sites for hydroxylation is 1. The van der Waals surface area contributed by atoms with E-state index >= 15 is 0 Å². The molecule has 1 N–H and O–H groups in total. The van der Waals surface area contributed by atoms with Crippen LogP contribution in [0.3, 0.4) is 0 Å². The molecule has 0 aliphatic heterocycles. The smallest absolute Gasteiger partial charge is 0.277 e. The lowest BCUT2D eigenvalue weighted by atomic mass is 10.2. The van der Waals surface area contributed by atoms with Crippen LogP contribution in [0, 0.1) is 5.82 Å². The number of nitrogens with one attached hydrogen (secondary N) is 1. The first-order valence-corrected chi connectivity index (χ1v) is 9.80. The molecule has 4 aromatic rings. The van der Waals surface area contributed by atoms with Gasteiger partial charge in [0.25, 0.3) is 5.56 Å². The number of anilines is 1. The number of fused-ring (bicyclic) bond motifs is 1. The number of nitrogens with zero attached hydrogens (tertiary/aromatic N) is 4. The zero-order valence-corrected chi connectivity index (χ0v) is 16.4. The van der Waals surface area contributed by atoms with Gasteiger partial charge in [0.1, 0.15) is 11.3 Å². The van der Waals surface area contributed by atoms with Crippen LogP contribution in [0.1, 0.15) is 6.42 Å². The molecule has 0 spiro atoms. The SMILES string of the molecule is O=C(CCn1nnc2ccccc2c1=O)Nc1nc(-c2ccc(F)c(Cl)c2)cs1. The molecule has 2 aromatic carbocycles. The molecule has 4 rings (SSSR count). The first-order chi connectivity index (χ1) is 14.0. The third-order valence-electron chi connectivity index (χ3n) is 4.15. The lowest BCUT2D eigenvalue weighted by molar-refractivity contribution is -0.116. The minimum Gasteiger partial charge on any atom is -0.302 e. The van der Waals surface area contributed by atoms with Crippen molar-refractivity contribution in [3.05, 3.63) is 69.0 Å². The molecule has 7 nitrogen and oxygen atoms in total. The highest BCUT2D eigenvalue weighted by molar-refractivity contribution is 7.14. The van der Waals surface area contributed by atoms with Crippen LogP contribution < -0.4 is 10.9 Å². The zero-order valence-electron chi connectivity index (χ0n) is 14.8. The van der Waals surface area contributed by atoms with Gasteiger partial charge in [-0.1, -0.05) is 28.9 Å². The van der Waals surface area contributed by atoms with Gasteiger partial charge in [-0.15, -0.1) is 16.4 Å². The Bertz CT molecular complexity index is 1270. The molecule has 0 atom stereocenters. The van der Waals surface area contributed by atoms with Crippen molar-refractivity contribution < 1.29 is 9.18 Å². The number of halogens is 2. The Morgan fingerprint density at radius 3 is 2.90 bits per heavy atom. The van der Waals surface area contributed by atoms with Gasteiger partial charge in [0.15, 0.2) is 5.13 Å². The Hall–Kier alpha value is -3.17. The second-order valence-corrected chi connectivity index (χ2v) is 7.37. The predicted octanol–water partition coefficient (Wildman–Crippen LogP) is 3.74. The molecule has 0 aliphatic carbocycles. The van der Waals surface area contributed by atoms with Crippen molar-refractivity contribution in [2.24, 2.45) is 0 Å². The van der Waals surface area contributed by atoms with Gasteiger partial charge in [0.05, 0.1) is 22.6 Å². The summed E-state index contributed by atoms with van der Waals surface area (Å²) in [6, 6.07) is 11.2. The van der Waals surface area contributed by atoms with E-state index in [9.17, 15) is 14.0 Å². The summed E-state index contributed by atoms with van der Waals surface area (Å²) >= 11 is 7.03. The van der Waals surface area contributed by atoms with Gasteiger partial charge in [0, 0.05) is 17.4 Å². The van der Waals surface area contributed by atoms with Crippen molar-refractivity contribution >= 4 is 44.9 Å². The summed E-state index contributed by atoms with van der Waals surface area (Å²) < 4.78 is 14.5. The van der Waals surface area contributed by atoms with Crippen LogP contribution in [-0.4, -0.2) is 25.9 Å². The maximum absolute atomic E-state index is 13.3. The fourth-order valence-corrected chi connectivity index (χ4v) is 3.59. The molecule has 0 radical (unpaired) electrons. The Morgan fingerprint density at radius 2 is 2.07 bits per heavy atom. The standard InChI is InChI=1S/C19H13ClFN5O2S/c20-13-9-11(5-6-14(13)21)16-10-29-19(22-16)23-17(27)7-8-26-18(28)12-3-1-2-4-15(12)24-25-26/h1-6,9-10H,7-8H2,(H,22,23,27). The number of rotatable bonds is 5. The van der Waals surface area contributed by atoms with Crippen LogP contribution in [-0.2, 0) is 11.3 Å². The summed E-state index contributed by atoms with van der Waals surface area (Å²) in [5, 5.41) is 13.1. The first kappa shape index (κ1) is 19.2. The topological polar surface area (TPSA) is 89.8 Å². The minimum absolute atomic E-state index is 0.00280. The number of hydrogen-bond acceptors (Lipinski definition) is 6. The highest BCUT2D eigenvalue weighted by Gasteiger charge is 2.11. The van der Waals surface area contributed by atoms with E-state index in [2.05, 4.69) is 20.6 Å². The Kier molecular flexibility index (Phi) is 5.32. The van der Waals surface area contributed by atoms with Crippen molar-refractivity contribution in [2.75, 3.05) is 5.32 Å². The quantitative estimate of drug-likeness (QED) is 0.522. The average Bonchev–Trinajstić information content (AvgIpc) is 3.18. The van der Waals surface area contributed by atoms with Crippen molar-refractivity contribution in [3.63, 3.8) is 0 Å². The maximum atomic E-state index is 13.3. The van der Waals surface area contributed by atoms with Crippen LogP contribution >= 0.6 is 22.9 Å². The second kappa shape index (κ2) is 8.06. The van der Waals surface area contributed by atoms with Crippen molar-refractivity contribution in [1.29, 1.82) is 0 Å². The van der Waals surface area contributed by atoms with Crippen LogP contribution in [0.4, 0.5) is 9.52 Å². The largest absolute Gasteiger partial charge is 0.302 e. The Balaban J connectivity index is 1.42. The molecule has 29 heavy (non-hydrogen) atoms. The van der Waals surface area contributed by atoms with E-state index < -0.39 is 5.82 Å². The molecule has 0 bridgehead atoms. The molecule has 2 aromatic heterocycles. The van der Waals surface area contributed by atoms with E-state index in [-0.39, 0.29) is 29.5 Å². The van der Waals surface area contributed by atoms with Crippen molar-refractivity contribution in [1.82, 2.24) is 20.0 Å². The minimum atomic E-state index is -0.508. The van der Waals surface area contributed by atoms with E-state index in [1.807, 2.05) is 0 Å². The highest BCUT2D eigenvalue weighted by Crippen LogP contribution is 2.28. The molecule has 1 amide bonds. The van der Waals surface area contributed by atoms with Crippen LogP contribution in [0.25, 0.3) is 22.2 Å². The third-order valence-corrected chi connectivity index (χ3v) is 5.19. The highest BCUT2D eigenvalue weighted by atomic mass is 35.5. The summed E-state index contributed by atoms with van der Waals surface area (Å²) in [5.41, 5.74) is 1.43. The second-order valence-electron chi connectivity index (χ2n) is 6.10. The maximum Gasteiger partial charge on any atom is 0.277 e. The van der Waals surface area contributed by atoms with Crippen molar-refractivity contribution in [2.45, 2.75) is 13.0 Å². The monoisotopic (exact) mass is 429 g/mol. The molecule has 0 unspecified atom stereocenters. The van der Waals surface area contributed by atoms with Gasteiger partial charge in [-0.2, -0.15) is 0 Å². The van der Waals surface area contributed by atoms with E-state index in [1.165, 1.54) is 23.5 Å². The van der Waals surface area contributed by atoms with E-state index in [0.29, 0.717) is 27.3 Å². The number of carbonyl (C=O) groups excluding carboxylic acids is 1. The number of carbonyl (C=O) groups is 1. The summed E-state index contributed by atoms with van der Waals surface area (Å²) in [5.74, 6) is -0.823. The number of amides is 1. The van der Waals surface area contributed by atoms with Crippen molar-refractivity contribution in [3.8, 4) is 11.3 Å². The molecule has 0 aliphatic rings. The summed E-state index contributed by atoms with van der Waals surface area (Å²) in [6.45, 7) is 0.0916. The first-order valence-electron chi connectivity index (χ1n) is 8.54. The van der Waals surface area contributed by atoms with Crippen LogP contribution in [0.2, 0.25) is 5.02 Å². The molecule has 10 heteroatoms. The number of aromatic nitrogens is 4. The van der Waals surface area contributed by atoms with Gasteiger partial charge in [-0.25, -0.2) is 14.1 Å². The van der Waals surface area contributed by atoms with E-state index in [0.717, 1.165) is 4.68 Å². The summed E-state index contributed by atoms with van der Waals surface area (Å²) in [6.07, 6.45) is 0.0320. The molecular formula is C19H13ClFN5O2S. The number of thiazole rings is 1. The number of hydrogen-bond donors (Lipinski definition) is 1. The van der Waals surface area contributed by atoms with Gasteiger partial charge < -0.3 is 5.32 Å². The van der Waals surface area contributed by atoms with E-state index in [1.54, 1.807) is 35.7 Å². The average molecular weight is 430 g/mol. The molecule has 0 fully saturated rings. The predicted molar refractivity (Wildman–Crippen MR) is 110 cm³/mol. The summed E-state index contributed by atoms with van der Waals surface area (Å²) in [7, 11) is 0. The molecule has 0 saturated heterocycles. The van der Waals surface area contributed by atoms with E-state index in [4.69, 9.17) is 11.6 Å². The molecule has 2 heterocycles. The van der Waals surface area contributed by atoms with Gasteiger partial charge >= 0.3 is 0 Å². The third kappa shape index (κ3) is 4.15. The normalized spacial score (nSPS) is 11.0. The van der Waals surface area contributed by atoms with Crippen LogP contribution in [0.15, 0.2) is 52.6 Å². The Morgan fingerprint density at radius 1 is 1.24 bits per heavy atom. The van der Waals surface area contributed by atoms with Gasteiger partial charge in [-0.3, -0.25) is 9.59 Å².